The number of hydrogen-bond donors (Lipinski definition) is 2. The van der Waals surface area contributed by atoms with Crippen LogP contribution < -0.4 is 10.1 Å². The smallest absolute Gasteiger partial charge is 0.407 e. The second-order valence-electron chi connectivity index (χ2n) is 7.36. The van der Waals surface area contributed by atoms with Crippen LogP contribution in [0.1, 0.15) is 51.2 Å². The van der Waals surface area contributed by atoms with Gasteiger partial charge >= 0.3 is 12.1 Å². The average molecular weight is 349 g/mol. The number of fused-ring (bicyclic) bond motifs is 1. The number of aryl methyl sites for hydroxylation is 1. The third-order valence-corrected chi connectivity index (χ3v) is 3.93. The number of nitrogens with one attached hydrogen (secondary N) is 1. The molecule has 25 heavy (non-hydrogen) atoms. The van der Waals surface area contributed by atoms with Gasteiger partial charge in [-0.05, 0) is 69.7 Å². The molecule has 1 aliphatic carbocycles. The molecule has 6 heteroatoms. The van der Waals surface area contributed by atoms with Gasteiger partial charge in [-0.15, -0.1) is 0 Å². The molecule has 6 nitrogen and oxygen atoms in total. The van der Waals surface area contributed by atoms with Crippen LogP contribution >= 0.6 is 0 Å². The summed E-state index contributed by atoms with van der Waals surface area (Å²) in [5, 5.41) is 11.6. The van der Waals surface area contributed by atoms with E-state index in [1.807, 2.05) is 39.0 Å². The van der Waals surface area contributed by atoms with Crippen molar-refractivity contribution in [1.82, 2.24) is 5.32 Å². The van der Waals surface area contributed by atoms with Crippen LogP contribution in [0.3, 0.4) is 0 Å². The van der Waals surface area contributed by atoms with Crippen molar-refractivity contribution in [3.63, 3.8) is 0 Å². The molecular weight excluding hydrogens is 322 g/mol. The Hall–Kier alpha value is -2.24. The molecule has 0 fully saturated rings. The van der Waals surface area contributed by atoms with Crippen molar-refractivity contribution in [2.24, 2.45) is 0 Å². The Morgan fingerprint density at radius 1 is 1.28 bits per heavy atom. The monoisotopic (exact) mass is 349 g/mol. The average Bonchev–Trinajstić information content (AvgIpc) is 2.49. The van der Waals surface area contributed by atoms with Gasteiger partial charge in [0.2, 0.25) is 0 Å². The first kappa shape index (κ1) is 19.1. The fourth-order valence-electron chi connectivity index (χ4n) is 2.83. The summed E-state index contributed by atoms with van der Waals surface area (Å²) < 4.78 is 10.9. The molecule has 0 radical (unpaired) electrons. The maximum atomic E-state index is 11.9. The molecule has 0 aliphatic heterocycles. The van der Waals surface area contributed by atoms with Crippen LogP contribution in [0, 0.1) is 0 Å². The van der Waals surface area contributed by atoms with E-state index in [2.05, 4.69) is 5.32 Å². The summed E-state index contributed by atoms with van der Waals surface area (Å²) >= 11 is 0. The van der Waals surface area contributed by atoms with Crippen LogP contribution in [-0.4, -0.2) is 35.4 Å². The van der Waals surface area contributed by atoms with Crippen LogP contribution in [0.4, 0.5) is 4.79 Å². The molecule has 2 rings (SSSR count). The predicted molar refractivity (Wildman–Crippen MR) is 94.0 cm³/mol. The van der Waals surface area contributed by atoms with E-state index in [0.29, 0.717) is 13.0 Å². The Bertz CT molecular complexity index is 621. The molecule has 0 bridgehead atoms. The number of carbonyl (C=O) groups is 2. The number of amides is 1. The first-order chi connectivity index (χ1) is 11.7. The highest BCUT2D eigenvalue weighted by atomic mass is 16.6. The fraction of sp³-hybridized carbons (Fsp3) is 0.579. The number of carboxylic acids is 1. The van der Waals surface area contributed by atoms with Crippen LogP contribution in [0.25, 0.3) is 0 Å². The number of carbonyl (C=O) groups excluding carboxylic acids is 1. The van der Waals surface area contributed by atoms with Crippen molar-refractivity contribution in [3.8, 4) is 5.75 Å². The zero-order valence-corrected chi connectivity index (χ0v) is 15.1. The molecule has 2 N–H and O–H groups in total. The lowest BCUT2D eigenvalue weighted by molar-refractivity contribution is -0.137. The van der Waals surface area contributed by atoms with Gasteiger partial charge in [-0.3, -0.25) is 4.79 Å². The summed E-state index contributed by atoms with van der Waals surface area (Å²) in [5.41, 5.74) is 1.91. The van der Waals surface area contributed by atoms with Gasteiger partial charge in [0.25, 0.3) is 0 Å². The standard InChI is InChI=1S/C19H27NO5/c1-19(2,3)25-18(23)20-15-8-6-13-7-9-16(12-14(13)11-15)24-10-4-5-17(21)22/h7,9,12,15H,4-6,8,10-11H2,1-3H3,(H,20,23)(H,21,22). The lowest BCUT2D eigenvalue weighted by atomic mass is 9.88. The van der Waals surface area contributed by atoms with Gasteiger partial charge in [0.15, 0.2) is 0 Å². The van der Waals surface area contributed by atoms with Crippen molar-refractivity contribution in [2.45, 2.75) is 64.5 Å². The minimum absolute atomic E-state index is 0.0459. The number of benzene rings is 1. The molecule has 0 saturated heterocycles. The highest BCUT2D eigenvalue weighted by Crippen LogP contribution is 2.26. The molecule has 138 valence electrons. The summed E-state index contributed by atoms with van der Waals surface area (Å²) in [6, 6.07) is 6.00. The molecule has 1 amide bonds. The van der Waals surface area contributed by atoms with E-state index in [9.17, 15) is 9.59 Å². The largest absolute Gasteiger partial charge is 0.494 e. The quantitative estimate of drug-likeness (QED) is 0.770. The third-order valence-electron chi connectivity index (χ3n) is 3.93. The number of hydrogen-bond acceptors (Lipinski definition) is 4. The summed E-state index contributed by atoms with van der Waals surface area (Å²) in [6.45, 7) is 5.91. The summed E-state index contributed by atoms with van der Waals surface area (Å²) in [4.78, 5) is 22.4. The first-order valence-corrected chi connectivity index (χ1v) is 8.69. The van der Waals surface area contributed by atoms with Crippen molar-refractivity contribution >= 4 is 12.1 Å². The SMILES string of the molecule is CC(C)(C)OC(=O)NC1CCc2ccc(OCCCC(=O)O)cc2C1. The predicted octanol–water partition coefficient (Wildman–Crippen LogP) is 3.31. The Labute approximate surface area is 148 Å². The van der Waals surface area contributed by atoms with Gasteiger partial charge < -0.3 is 19.9 Å². The van der Waals surface area contributed by atoms with Crippen molar-refractivity contribution < 1.29 is 24.2 Å². The minimum Gasteiger partial charge on any atom is -0.494 e. The lowest BCUT2D eigenvalue weighted by Gasteiger charge is -2.27. The first-order valence-electron chi connectivity index (χ1n) is 8.69. The maximum absolute atomic E-state index is 11.9. The summed E-state index contributed by atoms with van der Waals surface area (Å²) in [6.07, 6.45) is 2.71. The summed E-state index contributed by atoms with van der Waals surface area (Å²) in [5.74, 6) is -0.0767. The Balaban J connectivity index is 1.89. The second kappa shape index (κ2) is 8.23. The van der Waals surface area contributed by atoms with Gasteiger partial charge in [0.05, 0.1) is 6.61 Å². The third kappa shape index (κ3) is 6.64. The van der Waals surface area contributed by atoms with Crippen molar-refractivity contribution in [2.75, 3.05) is 6.61 Å². The zero-order chi connectivity index (χ0) is 18.4. The van der Waals surface area contributed by atoms with E-state index in [-0.39, 0.29) is 18.6 Å². The topological polar surface area (TPSA) is 84.9 Å². The van der Waals surface area contributed by atoms with E-state index in [4.69, 9.17) is 14.6 Å². The van der Waals surface area contributed by atoms with Crippen LogP contribution in [0.2, 0.25) is 0 Å². The van der Waals surface area contributed by atoms with E-state index < -0.39 is 11.6 Å². The van der Waals surface area contributed by atoms with Crippen LogP contribution in [0.15, 0.2) is 18.2 Å². The number of ether oxygens (including phenoxy) is 2. The number of rotatable bonds is 6. The molecule has 1 aliphatic rings. The molecule has 1 aromatic rings. The van der Waals surface area contributed by atoms with Gasteiger partial charge in [0, 0.05) is 12.5 Å². The molecule has 1 aromatic carbocycles. The number of aliphatic carboxylic acids is 1. The Morgan fingerprint density at radius 2 is 2.04 bits per heavy atom. The molecule has 0 aromatic heterocycles. The molecule has 0 spiro atoms. The Morgan fingerprint density at radius 3 is 2.72 bits per heavy atom. The Kier molecular flexibility index (Phi) is 6.28. The molecular formula is C19H27NO5. The lowest BCUT2D eigenvalue weighted by Crippen LogP contribution is -2.41. The van der Waals surface area contributed by atoms with E-state index in [1.165, 1.54) is 5.56 Å². The van der Waals surface area contributed by atoms with Gasteiger partial charge in [-0.1, -0.05) is 6.07 Å². The fourth-order valence-corrected chi connectivity index (χ4v) is 2.83. The second-order valence-corrected chi connectivity index (χ2v) is 7.36. The van der Waals surface area contributed by atoms with E-state index >= 15 is 0 Å². The van der Waals surface area contributed by atoms with Crippen molar-refractivity contribution in [1.29, 1.82) is 0 Å². The van der Waals surface area contributed by atoms with Gasteiger partial charge in [0.1, 0.15) is 11.4 Å². The van der Waals surface area contributed by atoms with Crippen LogP contribution in [-0.2, 0) is 22.4 Å². The molecule has 1 unspecified atom stereocenters. The van der Waals surface area contributed by atoms with E-state index in [1.54, 1.807) is 0 Å². The minimum atomic E-state index is -0.815. The molecule has 0 heterocycles. The highest BCUT2D eigenvalue weighted by molar-refractivity contribution is 5.68. The zero-order valence-electron chi connectivity index (χ0n) is 15.1. The molecule has 1 atom stereocenters. The summed E-state index contributed by atoms with van der Waals surface area (Å²) in [7, 11) is 0. The van der Waals surface area contributed by atoms with Crippen LogP contribution in [0.5, 0.6) is 5.75 Å². The highest BCUT2D eigenvalue weighted by Gasteiger charge is 2.23. The molecule has 0 saturated carbocycles. The normalized spacial score (nSPS) is 16.7. The number of alkyl carbamates (subject to hydrolysis) is 1. The van der Waals surface area contributed by atoms with E-state index in [0.717, 1.165) is 30.6 Å². The van der Waals surface area contributed by atoms with Crippen molar-refractivity contribution in [3.05, 3.63) is 29.3 Å². The maximum Gasteiger partial charge on any atom is 0.407 e. The van der Waals surface area contributed by atoms with Gasteiger partial charge in [-0.25, -0.2) is 4.79 Å². The van der Waals surface area contributed by atoms with Gasteiger partial charge in [-0.2, -0.15) is 0 Å². The number of carboxylic acid groups (broad SMARTS) is 1.